The fourth-order valence-corrected chi connectivity index (χ4v) is 2.24. The van der Waals surface area contributed by atoms with E-state index in [0.717, 1.165) is 6.42 Å². The molecule has 0 aromatic heterocycles. The highest BCUT2D eigenvalue weighted by atomic mass is 16.2. The van der Waals surface area contributed by atoms with Gasteiger partial charge in [-0.1, -0.05) is 60.7 Å². The monoisotopic (exact) mass is 267 g/mol. The molecule has 20 heavy (non-hydrogen) atoms. The van der Waals surface area contributed by atoms with Crippen LogP contribution < -0.4 is 0 Å². The van der Waals surface area contributed by atoms with Gasteiger partial charge >= 0.3 is 0 Å². The first-order chi connectivity index (χ1) is 9.68. The van der Waals surface area contributed by atoms with Crippen molar-refractivity contribution in [1.29, 1.82) is 0 Å². The molecule has 2 aromatic rings. The molecule has 2 heteroatoms. The fourth-order valence-electron chi connectivity index (χ4n) is 2.24. The first-order valence-corrected chi connectivity index (χ1v) is 7.03. The molecule has 2 rings (SSSR count). The summed E-state index contributed by atoms with van der Waals surface area (Å²) >= 11 is 0. The maximum absolute atomic E-state index is 12.3. The normalized spacial score (nSPS) is 11.9. The van der Waals surface area contributed by atoms with Gasteiger partial charge < -0.3 is 4.90 Å². The average molecular weight is 267 g/mol. The third-order valence-electron chi connectivity index (χ3n) is 3.73. The lowest BCUT2D eigenvalue weighted by atomic mass is 10.1. The molecule has 0 saturated heterocycles. The molecular formula is C18H21NO. The smallest absolute Gasteiger partial charge is 0.223 e. The van der Waals surface area contributed by atoms with Gasteiger partial charge in [0.05, 0.1) is 6.04 Å². The molecule has 1 unspecified atom stereocenters. The molecule has 0 fully saturated rings. The maximum atomic E-state index is 12.3. The summed E-state index contributed by atoms with van der Waals surface area (Å²) in [5, 5.41) is 0. The summed E-state index contributed by atoms with van der Waals surface area (Å²) in [6.45, 7) is 2.07. The van der Waals surface area contributed by atoms with Crippen molar-refractivity contribution in [3.05, 3.63) is 71.8 Å². The molecule has 0 heterocycles. The number of aryl methyl sites for hydroxylation is 1. The van der Waals surface area contributed by atoms with Crippen molar-refractivity contribution in [3.8, 4) is 0 Å². The van der Waals surface area contributed by atoms with Crippen LogP contribution in [0.5, 0.6) is 0 Å². The molecule has 0 aliphatic heterocycles. The van der Waals surface area contributed by atoms with Gasteiger partial charge in [0.2, 0.25) is 5.91 Å². The summed E-state index contributed by atoms with van der Waals surface area (Å²) in [6, 6.07) is 20.4. The van der Waals surface area contributed by atoms with Gasteiger partial charge in [0, 0.05) is 13.5 Å². The molecule has 0 bridgehead atoms. The Hall–Kier alpha value is -2.09. The van der Waals surface area contributed by atoms with E-state index in [4.69, 9.17) is 0 Å². The molecule has 0 N–H and O–H groups in total. The quantitative estimate of drug-likeness (QED) is 0.806. The van der Waals surface area contributed by atoms with Crippen LogP contribution in [0.25, 0.3) is 0 Å². The molecule has 2 nitrogen and oxygen atoms in total. The zero-order chi connectivity index (χ0) is 14.4. The molecule has 1 atom stereocenters. The number of nitrogens with zero attached hydrogens (tertiary/aromatic N) is 1. The second kappa shape index (κ2) is 6.90. The van der Waals surface area contributed by atoms with Crippen molar-refractivity contribution in [2.24, 2.45) is 0 Å². The Labute approximate surface area is 121 Å². The first-order valence-electron chi connectivity index (χ1n) is 7.03. The number of carbonyl (C=O) groups is 1. The molecule has 1 amide bonds. The van der Waals surface area contributed by atoms with Crippen LogP contribution in [0.15, 0.2) is 60.7 Å². The van der Waals surface area contributed by atoms with Gasteiger partial charge in [-0.05, 0) is 24.5 Å². The van der Waals surface area contributed by atoms with E-state index < -0.39 is 0 Å². The van der Waals surface area contributed by atoms with E-state index in [2.05, 4.69) is 31.2 Å². The number of carbonyl (C=O) groups excluding carboxylic acids is 1. The minimum atomic E-state index is 0.111. The largest absolute Gasteiger partial charge is 0.339 e. The average Bonchev–Trinajstić information content (AvgIpc) is 2.53. The van der Waals surface area contributed by atoms with E-state index >= 15 is 0 Å². The van der Waals surface area contributed by atoms with Gasteiger partial charge in [-0.3, -0.25) is 4.79 Å². The summed E-state index contributed by atoms with van der Waals surface area (Å²) in [5.41, 5.74) is 2.38. The lowest BCUT2D eigenvalue weighted by Gasteiger charge is -2.25. The molecule has 0 saturated carbocycles. The standard InChI is InChI=1S/C18H21NO/c1-15(17-11-7-4-8-12-17)19(2)18(20)14-13-16-9-5-3-6-10-16/h3-12,15H,13-14H2,1-2H3. The number of hydrogen-bond acceptors (Lipinski definition) is 1. The minimum Gasteiger partial charge on any atom is -0.339 e. The van der Waals surface area contributed by atoms with Gasteiger partial charge in [0.1, 0.15) is 0 Å². The third-order valence-corrected chi connectivity index (χ3v) is 3.73. The van der Waals surface area contributed by atoms with Crippen LogP contribution in [0.4, 0.5) is 0 Å². The van der Waals surface area contributed by atoms with Crippen LogP contribution in [0.1, 0.15) is 30.5 Å². The van der Waals surface area contributed by atoms with Gasteiger partial charge in [-0.25, -0.2) is 0 Å². The predicted octanol–water partition coefficient (Wildman–Crippen LogP) is 3.84. The molecule has 104 valence electrons. The molecule has 0 spiro atoms. The van der Waals surface area contributed by atoms with Crippen molar-refractivity contribution in [1.82, 2.24) is 4.90 Å². The Morgan fingerprint density at radius 3 is 2.15 bits per heavy atom. The lowest BCUT2D eigenvalue weighted by Crippen LogP contribution is -2.29. The van der Waals surface area contributed by atoms with Crippen LogP contribution in [-0.2, 0) is 11.2 Å². The Morgan fingerprint density at radius 2 is 1.55 bits per heavy atom. The molecular weight excluding hydrogens is 246 g/mol. The van der Waals surface area contributed by atoms with Crippen LogP contribution in [0, 0.1) is 0 Å². The van der Waals surface area contributed by atoms with Gasteiger partial charge in [0.15, 0.2) is 0 Å². The zero-order valence-electron chi connectivity index (χ0n) is 12.1. The molecule has 2 aromatic carbocycles. The highest BCUT2D eigenvalue weighted by Crippen LogP contribution is 2.19. The highest BCUT2D eigenvalue weighted by Gasteiger charge is 2.16. The predicted molar refractivity (Wildman–Crippen MR) is 82.4 cm³/mol. The van der Waals surface area contributed by atoms with Crippen LogP contribution in [0.3, 0.4) is 0 Å². The number of rotatable bonds is 5. The highest BCUT2D eigenvalue weighted by molar-refractivity contribution is 5.76. The van der Waals surface area contributed by atoms with Crippen molar-refractivity contribution >= 4 is 5.91 Å². The van der Waals surface area contributed by atoms with Crippen molar-refractivity contribution in [2.45, 2.75) is 25.8 Å². The van der Waals surface area contributed by atoms with E-state index in [0.29, 0.717) is 6.42 Å². The zero-order valence-corrected chi connectivity index (χ0v) is 12.1. The molecule has 0 aliphatic carbocycles. The number of amides is 1. The molecule has 0 radical (unpaired) electrons. The van der Waals surface area contributed by atoms with E-state index in [9.17, 15) is 4.79 Å². The topological polar surface area (TPSA) is 20.3 Å². The molecule has 0 aliphatic rings. The van der Waals surface area contributed by atoms with E-state index in [-0.39, 0.29) is 11.9 Å². The Balaban J connectivity index is 1.92. The minimum absolute atomic E-state index is 0.111. The second-order valence-corrected chi connectivity index (χ2v) is 5.08. The summed E-state index contributed by atoms with van der Waals surface area (Å²) in [5.74, 6) is 0.185. The van der Waals surface area contributed by atoms with Crippen molar-refractivity contribution < 1.29 is 4.79 Å². The first kappa shape index (κ1) is 14.3. The lowest BCUT2D eigenvalue weighted by molar-refractivity contribution is -0.131. The van der Waals surface area contributed by atoms with Crippen molar-refractivity contribution in [2.75, 3.05) is 7.05 Å². The second-order valence-electron chi connectivity index (χ2n) is 5.08. The van der Waals surface area contributed by atoms with Crippen LogP contribution in [0.2, 0.25) is 0 Å². The summed E-state index contributed by atoms with van der Waals surface area (Å²) in [6.07, 6.45) is 1.35. The van der Waals surface area contributed by atoms with Gasteiger partial charge in [-0.2, -0.15) is 0 Å². The Kier molecular flexibility index (Phi) is 4.94. The van der Waals surface area contributed by atoms with Gasteiger partial charge in [-0.15, -0.1) is 0 Å². The van der Waals surface area contributed by atoms with Crippen LogP contribution >= 0.6 is 0 Å². The van der Waals surface area contributed by atoms with E-state index in [1.54, 1.807) is 0 Å². The van der Waals surface area contributed by atoms with E-state index in [1.165, 1.54) is 11.1 Å². The number of benzene rings is 2. The fraction of sp³-hybridized carbons (Fsp3) is 0.278. The number of hydrogen-bond donors (Lipinski definition) is 0. The van der Waals surface area contributed by atoms with Crippen molar-refractivity contribution in [3.63, 3.8) is 0 Å². The summed E-state index contributed by atoms with van der Waals surface area (Å²) in [4.78, 5) is 14.1. The summed E-state index contributed by atoms with van der Waals surface area (Å²) in [7, 11) is 1.88. The third kappa shape index (κ3) is 3.70. The van der Waals surface area contributed by atoms with Crippen LogP contribution in [-0.4, -0.2) is 17.9 Å². The Morgan fingerprint density at radius 1 is 1.00 bits per heavy atom. The maximum Gasteiger partial charge on any atom is 0.223 e. The SMILES string of the molecule is CC(c1ccccc1)N(C)C(=O)CCc1ccccc1. The Bertz CT molecular complexity index is 536. The van der Waals surface area contributed by atoms with E-state index in [1.807, 2.05) is 48.3 Å². The van der Waals surface area contributed by atoms with Gasteiger partial charge in [0.25, 0.3) is 0 Å². The summed E-state index contributed by atoms with van der Waals surface area (Å²) < 4.78 is 0.